The lowest BCUT2D eigenvalue weighted by Gasteiger charge is -2.21. The van der Waals surface area contributed by atoms with Gasteiger partial charge in [0, 0.05) is 6.04 Å². The molecule has 1 atom stereocenters. The van der Waals surface area contributed by atoms with E-state index in [0.29, 0.717) is 0 Å². The van der Waals surface area contributed by atoms with E-state index >= 15 is 0 Å². The first-order chi connectivity index (χ1) is 4.67. The molecule has 2 nitrogen and oxygen atoms in total. The quantitative estimate of drug-likeness (QED) is 0.604. The van der Waals surface area contributed by atoms with Gasteiger partial charge in [0.2, 0.25) is 0 Å². The first-order valence-corrected chi connectivity index (χ1v) is 6.55. The first kappa shape index (κ1) is 12.3. The number of alkyl halides is 3. The first-order valence-electron chi connectivity index (χ1n) is 2.81. The fourth-order valence-corrected chi connectivity index (χ4v) is 2.24. The van der Waals surface area contributed by atoms with E-state index < -0.39 is 10.2 Å². The standard InChI is InChI=1S/C4H8Cl4NOP/c1-3(2)9-11(8,10)4(5,6)7/h3H,1-2H3,(H,9,10). The topological polar surface area (TPSA) is 29.1 Å². The Hall–Kier alpha value is 1.35. The van der Waals surface area contributed by atoms with Crippen LogP contribution in [0, 0.1) is 0 Å². The van der Waals surface area contributed by atoms with Crippen LogP contribution in [0.3, 0.4) is 0 Å². The van der Waals surface area contributed by atoms with Crippen LogP contribution in [0.5, 0.6) is 0 Å². The van der Waals surface area contributed by atoms with Crippen molar-refractivity contribution >= 4 is 52.7 Å². The van der Waals surface area contributed by atoms with E-state index in [1.54, 1.807) is 13.8 Å². The lowest BCUT2D eigenvalue weighted by atomic mass is 10.4. The van der Waals surface area contributed by atoms with Crippen molar-refractivity contribution < 1.29 is 4.57 Å². The largest absolute Gasteiger partial charge is 0.285 e. The van der Waals surface area contributed by atoms with Crippen LogP contribution >= 0.6 is 52.7 Å². The maximum absolute atomic E-state index is 11.3. The average Bonchev–Trinajstić information content (AvgIpc) is 1.56. The van der Waals surface area contributed by atoms with E-state index in [1.165, 1.54) is 0 Å². The maximum Gasteiger partial charge on any atom is 0.282 e. The Morgan fingerprint density at radius 2 is 1.73 bits per heavy atom. The molecule has 7 heteroatoms. The highest BCUT2D eigenvalue weighted by Crippen LogP contribution is 2.66. The normalized spacial score (nSPS) is 18.5. The molecule has 0 bridgehead atoms. The van der Waals surface area contributed by atoms with Gasteiger partial charge in [0.25, 0.3) is 10.2 Å². The van der Waals surface area contributed by atoms with Crippen LogP contribution in [0.1, 0.15) is 13.8 Å². The predicted molar refractivity (Wildman–Crippen MR) is 52.0 cm³/mol. The summed E-state index contributed by atoms with van der Waals surface area (Å²) in [6.45, 7) is 0.0968. The van der Waals surface area contributed by atoms with E-state index in [-0.39, 0.29) is 6.04 Å². The molecule has 0 aliphatic rings. The molecule has 0 aliphatic heterocycles. The molecule has 0 saturated heterocycles. The molecule has 0 aromatic rings. The Bertz CT molecular complexity index is 177. The highest BCUT2D eigenvalue weighted by atomic mass is 35.7. The van der Waals surface area contributed by atoms with Crippen molar-refractivity contribution in [2.45, 2.75) is 23.4 Å². The highest BCUT2D eigenvalue weighted by Gasteiger charge is 2.42. The van der Waals surface area contributed by atoms with Crippen molar-refractivity contribution in [1.29, 1.82) is 0 Å². The summed E-state index contributed by atoms with van der Waals surface area (Å²) in [6, 6.07) is -0.0889. The van der Waals surface area contributed by atoms with Crippen molar-refractivity contribution in [2.75, 3.05) is 0 Å². The summed E-state index contributed by atoms with van der Waals surface area (Å²) < 4.78 is 9.36. The van der Waals surface area contributed by atoms with Crippen LogP contribution in [0.25, 0.3) is 0 Å². The molecule has 0 aliphatic carbocycles. The summed E-state index contributed by atoms with van der Waals surface area (Å²) in [5.74, 6) is 0. The molecule has 0 aromatic heterocycles. The molecular formula is C4H8Cl4NOP. The fraction of sp³-hybridized carbons (Fsp3) is 1.00. The van der Waals surface area contributed by atoms with Crippen LogP contribution in [-0.2, 0) is 4.57 Å². The lowest BCUT2D eigenvalue weighted by molar-refractivity contribution is 0.567. The van der Waals surface area contributed by atoms with E-state index in [4.69, 9.17) is 46.0 Å². The Morgan fingerprint density at radius 1 is 1.36 bits per heavy atom. The molecule has 0 saturated carbocycles. The van der Waals surface area contributed by atoms with Gasteiger partial charge in [-0.15, -0.1) is 0 Å². The van der Waals surface area contributed by atoms with Gasteiger partial charge in [-0.3, -0.25) is 4.57 Å². The molecule has 0 fully saturated rings. The predicted octanol–water partition coefficient (Wildman–Crippen LogP) is 3.74. The minimum atomic E-state index is -3.41. The molecule has 0 aromatic carbocycles. The van der Waals surface area contributed by atoms with Crippen molar-refractivity contribution in [3.05, 3.63) is 0 Å². The SMILES string of the molecule is CC(C)NP(=O)(Cl)C(Cl)(Cl)Cl. The number of hydrogen-bond acceptors (Lipinski definition) is 1. The van der Waals surface area contributed by atoms with Gasteiger partial charge in [0.1, 0.15) is 0 Å². The van der Waals surface area contributed by atoms with Crippen molar-refractivity contribution in [1.82, 2.24) is 5.09 Å². The Morgan fingerprint density at radius 3 is 1.82 bits per heavy atom. The van der Waals surface area contributed by atoms with Gasteiger partial charge in [-0.2, -0.15) is 0 Å². The summed E-state index contributed by atoms with van der Waals surface area (Å²) in [5.41, 5.74) is 0. The van der Waals surface area contributed by atoms with Crippen molar-refractivity contribution in [2.24, 2.45) is 0 Å². The van der Waals surface area contributed by atoms with E-state index in [9.17, 15) is 4.57 Å². The second-order valence-electron chi connectivity index (χ2n) is 2.28. The average molecular weight is 259 g/mol. The van der Waals surface area contributed by atoms with E-state index in [0.717, 1.165) is 0 Å². The van der Waals surface area contributed by atoms with Crippen LogP contribution < -0.4 is 5.09 Å². The third-order valence-electron chi connectivity index (χ3n) is 0.750. The lowest BCUT2D eigenvalue weighted by Crippen LogP contribution is -2.22. The van der Waals surface area contributed by atoms with E-state index in [1.807, 2.05) is 0 Å². The van der Waals surface area contributed by atoms with Crippen LogP contribution in [-0.4, -0.2) is 9.58 Å². The monoisotopic (exact) mass is 257 g/mol. The molecule has 1 unspecified atom stereocenters. The Balaban J connectivity index is 4.36. The van der Waals surface area contributed by atoms with Crippen LogP contribution in [0.4, 0.5) is 0 Å². The molecule has 0 spiro atoms. The third kappa shape index (κ3) is 4.21. The van der Waals surface area contributed by atoms with Gasteiger partial charge >= 0.3 is 0 Å². The van der Waals surface area contributed by atoms with Gasteiger partial charge in [-0.25, -0.2) is 5.09 Å². The van der Waals surface area contributed by atoms with Gasteiger partial charge in [0.05, 0.1) is 0 Å². The molecule has 11 heavy (non-hydrogen) atoms. The number of halogens is 4. The maximum atomic E-state index is 11.3. The van der Waals surface area contributed by atoms with Crippen molar-refractivity contribution in [3.63, 3.8) is 0 Å². The van der Waals surface area contributed by atoms with Crippen molar-refractivity contribution in [3.8, 4) is 0 Å². The van der Waals surface area contributed by atoms with Gasteiger partial charge < -0.3 is 0 Å². The fourth-order valence-electron chi connectivity index (χ4n) is 0.405. The summed E-state index contributed by atoms with van der Waals surface area (Å²) in [7, 11) is 0. The zero-order chi connectivity index (χ0) is 9.28. The summed E-state index contributed by atoms with van der Waals surface area (Å²) >= 11 is 21.5. The molecule has 0 radical (unpaired) electrons. The van der Waals surface area contributed by atoms with Crippen LogP contribution in [0.2, 0.25) is 0 Å². The molecule has 0 heterocycles. The summed E-state index contributed by atoms with van der Waals surface area (Å²) in [5, 5.41) is 2.48. The molecular weight excluding hydrogens is 251 g/mol. The smallest absolute Gasteiger partial charge is 0.282 e. The number of rotatable bonds is 2. The van der Waals surface area contributed by atoms with Crippen LogP contribution in [0.15, 0.2) is 0 Å². The number of nitrogens with one attached hydrogen (secondary N) is 1. The van der Waals surface area contributed by atoms with Gasteiger partial charge in [0.15, 0.2) is 0 Å². The molecule has 0 rings (SSSR count). The summed E-state index contributed by atoms with van der Waals surface area (Å²) in [6.07, 6.45) is 0. The van der Waals surface area contributed by atoms with E-state index in [2.05, 4.69) is 5.09 Å². The van der Waals surface area contributed by atoms with Gasteiger partial charge in [-0.05, 0) is 25.1 Å². The van der Waals surface area contributed by atoms with Gasteiger partial charge in [-0.1, -0.05) is 34.8 Å². The second-order valence-corrected chi connectivity index (χ2v) is 8.78. The Labute approximate surface area is 85.7 Å². The summed E-state index contributed by atoms with van der Waals surface area (Å²) in [4.78, 5) is 0. The minimum Gasteiger partial charge on any atom is -0.285 e. The molecule has 68 valence electrons. The minimum absolute atomic E-state index is 0.0889. The highest BCUT2D eigenvalue weighted by molar-refractivity contribution is 7.92. The molecule has 1 N–H and O–H groups in total. The number of hydrogen-bond donors (Lipinski definition) is 1. The third-order valence-corrected chi connectivity index (χ3v) is 6.23. The zero-order valence-electron chi connectivity index (χ0n) is 5.94. The second kappa shape index (κ2) is 4.04. The molecule has 0 amide bonds. The Kier molecular flexibility index (Phi) is 4.53. The zero-order valence-corrected chi connectivity index (χ0v) is 9.86.